The second-order valence-electron chi connectivity index (χ2n) is 5.77. The molecule has 0 saturated heterocycles. The first-order chi connectivity index (χ1) is 13.1. The number of carbonyl (C=O) groups is 2. The lowest BCUT2D eigenvalue weighted by molar-refractivity contribution is -0.137. The van der Waals surface area contributed by atoms with Gasteiger partial charge in [-0.25, -0.2) is 9.59 Å². The fourth-order valence-electron chi connectivity index (χ4n) is 2.24. The quantitative estimate of drug-likeness (QED) is 0.225. The summed E-state index contributed by atoms with van der Waals surface area (Å²) in [6, 6.07) is 13.5. The van der Waals surface area contributed by atoms with Gasteiger partial charge in [-0.15, -0.1) is 0 Å². The lowest BCUT2D eigenvalue weighted by atomic mass is 10.2. The van der Waals surface area contributed by atoms with Gasteiger partial charge in [0, 0.05) is 11.8 Å². The lowest BCUT2D eigenvalue weighted by Crippen LogP contribution is -2.08. The molecule has 142 valence electrons. The summed E-state index contributed by atoms with van der Waals surface area (Å²) in [5.74, 6) is 0.256. The van der Waals surface area contributed by atoms with E-state index in [4.69, 9.17) is 19.9 Å². The number of hydrogen-bond acceptors (Lipinski definition) is 6. The van der Waals surface area contributed by atoms with Crippen LogP contribution in [0.1, 0.15) is 29.6 Å². The van der Waals surface area contributed by atoms with Gasteiger partial charge in [0.05, 0.1) is 18.8 Å². The third-order valence-corrected chi connectivity index (χ3v) is 3.63. The summed E-state index contributed by atoms with van der Waals surface area (Å²) in [5, 5.41) is 0. The molecule has 2 aromatic carbocycles. The fraction of sp³-hybridized carbons (Fsp3) is 0.238. The van der Waals surface area contributed by atoms with Crippen LogP contribution in [0.25, 0.3) is 0 Å². The highest BCUT2D eigenvalue weighted by Crippen LogP contribution is 2.19. The van der Waals surface area contributed by atoms with E-state index in [2.05, 4.69) is 6.58 Å². The van der Waals surface area contributed by atoms with Crippen molar-refractivity contribution < 1.29 is 23.8 Å². The van der Waals surface area contributed by atoms with Gasteiger partial charge < -0.3 is 19.9 Å². The number of anilines is 1. The fourth-order valence-corrected chi connectivity index (χ4v) is 2.24. The van der Waals surface area contributed by atoms with Gasteiger partial charge in [0.25, 0.3) is 0 Å². The Balaban J connectivity index is 1.68. The summed E-state index contributed by atoms with van der Waals surface area (Å²) >= 11 is 0. The molecule has 2 N–H and O–H groups in total. The summed E-state index contributed by atoms with van der Waals surface area (Å²) in [7, 11) is 0. The minimum Gasteiger partial charge on any atom is -0.494 e. The first kappa shape index (κ1) is 20.0. The van der Waals surface area contributed by atoms with Gasteiger partial charge in [-0.2, -0.15) is 0 Å². The zero-order valence-corrected chi connectivity index (χ0v) is 15.1. The third-order valence-electron chi connectivity index (χ3n) is 3.63. The smallest absolute Gasteiger partial charge is 0.343 e. The van der Waals surface area contributed by atoms with E-state index in [1.807, 2.05) is 0 Å². The van der Waals surface area contributed by atoms with E-state index in [1.54, 1.807) is 48.5 Å². The molecular weight excluding hydrogens is 346 g/mol. The molecule has 0 radical (unpaired) electrons. The highest BCUT2D eigenvalue weighted by atomic mass is 16.5. The number of carbonyl (C=O) groups excluding carboxylic acids is 2. The number of benzene rings is 2. The maximum atomic E-state index is 12.1. The molecule has 0 bridgehead atoms. The zero-order valence-electron chi connectivity index (χ0n) is 15.1. The second kappa shape index (κ2) is 10.7. The number of nitrogen functional groups attached to an aromatic ring is 1. The lowest BCUT2D eigenvalue weighted by Gasteiger charge is -2.08. The summed E-state index contributed by atoms with van der Waals surface area (Å²) < 4.78 is 15.8. The average Bonchev–Trinajstić information content (AvgIpc) is 2.68. The Morgan fingerprint density at radius 1 is 0.963 bits per heavy atom. The molecular formula is C21H23NO5. The summed E-state index contributed by atoms with van der Waals surface area (Å²) in [5.41, 5.74) is 6.57. The van der Waals surface area contributed by atoms with Crippen LogP contribution in [-0.4, -0.2) is 25.2 Å². The van der Waals surface area contributed by atoms with Crippen LogP contribution < -0.4 is 15.2 Å². The van der Waals surface area contributed by atoms with Crippen LogP contribution in [0.4, 0.5) is 5.69 Å². The number of nitrogens with two attached hydrogens (primary N) is 1. The minimum atomic E-state index is -0.465. The first-order valence-electron chi connectivity index (χ1n) is 8.68. The highest BCUT2D eigenvalue weighted by molar-refractivity contribution is 5.91. The molecule has 0 fully saturated rings. The van der Waals surface area contributed by atoms with Crippen molar-refractivity contribution in [1.82, 2.24) is 0 Å². The average molecular weight is 369 g/mol. The van der Waals surface area contributed by atoms with Crippen LogP contribution in [0.5, 0.6) is 11.5 Å². The molecule has 2 aromatic rings. The van der Waals surface area contributed by atoms with Gasteiger partial charge >= 0.3 is 11.9 Å². The Labute approximate surface area is 158 Å². The van der Waals surface area contributed by atoms with Crippen molar-refractivity contribution >= 4 is 17.6 Å². The van der Waals surface area contributed by atoms with Gasteiger partial charge in [0.1, 0.15) is 11.5 Å². The van der Waals surface area contributed by atoms with Crippen LogP contribution >= 0.6 is 0 Å². The summed E-state index contributed by atoms with van der Waals surface area (Å²) in [4.78, 5) is 22.9. The maximum absolute atomic E-state index is 12.1. The Bertz CT molecular complexity index is 770. The SMILES string of the molecule is C=CC(=O)OCCCCCOc1ccc(OC(=O)c2cccc(N)c2)cc1. The van der Waals surface area contributed by atoms with Crippen molar-refractivity contribution in [2.24, 2.45) is 0 Å². The normalized spacial score (nSPS) is 10.1. The Morgan fingerprint density at radius 2 is 1.67 bits per heavy atom. The van der Waals surface area contributed by atoms with Crippen molar-refractivity contribution in [1.29, 1.82) is 0 Å². The standard InChI is InChI=1S/C21H23NO5/c1-2-20(23)26-14-5-3-4-13-25-18-9-11-19(12-10-18)27-21(24)16-7-6-8-17(22)15-16/h2,6-12,15H,1,3-5,13-14,22H2. The Morgan fingerprint density at radius 3 is 2.37 bits per heavy atom. The molecule has 0 aliphatic rings. The second-order valence-corrected chi connectivity index (χ2v) is 5.77. The molecule has 6 heteroatoms. The van der Waals surface area contributed by atoms with Crippen LogP contribution in [-0.2, 0) is 9.53 Å². The highest BCUT2D eigenvalue weighted by Gasteiger charge is 2.08. The molecule has 0 aliphatic carbocycles. The summed E-state index contributed by atoms with van der Waals surface area (Å²) in [6.45, 7) is 4.28. The zero-order chi connectivity index (χ0) is 19.5. The van der Waals surface area contributed by atoms with Crippen LogP contribution in [0.15, 0.2) is 61.2 Å². The van der Waals surface area contributed by atoms with Crippen LogP contribution in [0, 0.1) is 0 Å². The summed E-state index contributed by atoms with van der Waals surface area (Å²) in [6.07, 6.45) is 3.67. The number of ether oxygens (including phenoxy) is 3. The van der Waals surface area contributed by atoms with Crippen molar-refractivity contribution in [3.8, 4) is 11.5 Å². The molecule has 6 nitrogen and oxygen atoms in total. The topological polar surface area (TPSA) is 87.9 Å². The molecule has 0 aromatic heterocycles. The van der Waals surface area contributed by atoms with E-state index < -0.39 is 11.9 Å². The van der Waals surface area contributed by atoms with Crippen LogP contribution in [0.3, 0.4) is 0 Å². The van der Waals surface area contributed by atoms with E-state index in [0.29, 0.717) is 36.0 Å². The van der Waals surface area contributed by atoms with Gasteiger partial charge in [0.15, 0.2) is 0 Å². The van der Waals surface area contributed by atoms with Crippen molar-refractivity contribution in [3.05, 3.63) is 66.7 Å². The van der Waals surface area contributed by atoms with E-state index >= 15 is 0 Å². The molecule has 2 rings (SSSR count). The molecule has 0 spiro atoms. The number of hydrogen-bond donors (Lipinski definition) is 1. The van der Waals surface area contributed by atoms with E-state index in [-0.39, 0.29) is 0 Å². The van der Waals surface area contributed by atoms with Crippen molar-refractivity contribution in [2.75, 3.05) is 18.9 Å². The monoisotopic (exact) mass is 369 g/mol. The third kappa shape index (κ3) is 7.23. The Hall–Kier alpha value is -3.28. The number of rotatable bonds is 10. The molecule has 0 heterocycles. The maximum Gasteiger partial charge on any atom is 0.343 e. The van der Waals surface area contributed by atoms with Gasteiger partial charge in [0.2, 0.25) is 0 Å². The molecule has 0 amide bonds. The number of esters is 2. The van der Waals surface area contributed by atoms with Gasteiger partial charge in [-0.1, -0.05) is 12.6 Å². The van der Waals surface area contributed by atoms with Crippen LogP contribution in [0.2, 0.25) is 0 Å². The van der Waals surface area contributed by atoms with E-state index in [9.17, 15) is 9.59 Å². The first-order valence-corrected chi connectivity index (χ1v) is 8.68. The predicted octanol–water partition coefficient (Wildman–Crippen LogP) is 3.77. The largest absolute Gasteiger partial charge is 0.494 e. The molecule has 0 aliphatic heterocycles. The Kier molecular flexibility index (Phi) is 7.91. The van der Waals surface area contributed by atoms with Gasteiger partial charge in [-0.3, -0.25) is 0 Å². The van der Waals surface area contributed by atoms with Gasteiger partial charge in [-0.05, 0) is 61.7 Å². The minimum absolute atomic E-state index is 0.387. The van der Waals surface area contributed by atoms with Crippen molar-refractivity contribution in [2.45, 2.75) is 19.3 Å². The predicted molar refractivity (Wildman–Crippen MR) is 103 cm³/mol. The molecule has 0 saturated carbocycles. The van der Waals surface area contributed by atoms with E-state index in [1.165, 1.54) is 0 Å². The van der Waals surface area contributed by atoms with Crippen molar-refractivity contribution in [3.63, 3.8) is 0 Å². The number of unbranched alkanes of at least 4 members (excludes halogenated alkanes) is 2. The molecule has 0 unspecified atom stereocenters. The molecule has 0 atom stereocenters. The van der Waals surface area contributed by atoms with E-state index in [0.717, 1.165) is 25.3 Å². The molecule has 27 heavy (non-hydrogen) atoms.